The fraction of sp³-hybridized carbons (Fsp3) is 0.278. The molecule has 1 saturated heterocycles. The van der Waals surface area contributed by atoms with Crippen molar-refractivity contribution < 1.29 is 31.1 Å². The molecule has 10 heteroatoms. The van der Waals surface area contributed by atoms with E-state index in [-0.39, 0.29) is 11.6 Å². The molecule has 1 N–H and O–H groups in total. The van der Waals surface area contributed by atoms with Crippen LogP contribution in [-0.2, 0) is 21.0 Å². The first-order chi connectivity index (χ1) is 13.1. The first-order valence-electron chi connectivity index (χ1n) is 8.30. The summed E-state index contributed by atoms with van der Waals surface area (Å²) in [7, 11) is -2.84. The lowest BCUT2D eigenvalue weighted by molar-refractivity contribution is -0.137. The topological polar surface area (TPSA) is 75.7 Å². The van der Waals surface area contributed by atoms with E-state index in [4.69, 9.17) is 4.74 Å². The number of carbonyl (C=O) groups excluding carboxylic acids is 1. The van der Waals surface area contributed by atoms with Crippen molar-refractivity contribution >= 4 is 27.3 Å². The maximum atomic E-state index is 12.9. The summed E-state index contributed by atoms with van der Waals surface area (Å²) in [4.78, 5) is 13.0. The number of carbonyl (C=O) groups is 1. The number of sulfonamides is 1. The molecule has 2 aromatic carbocycles. The summed E-state index contributed by atoms with van der Waals surface area (Å²) in [5, 5.41) is 0. The van der Waals surface area contributed by atoms with E-state index in [1.807, 2.05) is 0 Å². The molecule has 1 amide bonds. The van der Waals surface area contributed by atoms with E-state index < -0.39 is 26.7 Å². The summed E-state index contributed by atoms with van der Waals surface area (Å²) in [5.41, 5.74) is -0.560. The van der Waals surface area contributed by atoms with Gasteiger partial charge in [0.15, 0.2) is 0 Å². The Morgan fingerprint density at radius 3 is 2.50 bits per heavy atom. The highest BCUT2D eigenvalue weighted by Gasteiger charge is 2.32. The maximum Gasteiger partial charge on any atom is 0.416 e. The van der Waals surface area contributed by atoms with Gasteiger partial charge in [-0.05, 0) is 42.8 Å². The average molecular weight is 414 g/mol. The molecule has 150 valence electrons. The first-order valence-corrected chi connectivity index (χ1v) is 9.78. The van der Waals surface area contributed by atoms with Crippen molar-refractivity contribution in [3.8, 4) is 5.75 Å². The van der Waals surface area contributed by atoms with Crippen molar-refractivity contribution in [3.63, 3.8) is 0 Å². The molecule has 0 aliphatic carbocycles. The summed E-state index contributed by atoms with van der Waals surface area (Å²) in [6, 6.07) is 7.79. The van der Waals surface area contributed by atoms with Crippen molar-refractivity contribution in [2.45, 2.75) is 23.9 Å². The number of anilines is 2. The van der Waals surface area contributed by atoms with Gasteiger partial charge in [0.1, 0.15) is 5.75 Å². The highest BCUT2D eigenvalue weighted by Crippen LogP contribution is 2.35. The van der Waals surface area contributed by atoms with Crippen LogP contribution in [0.4, 0.5) is 24.5 Å². The van der Waals surface area contributed by atoms with Gasteiger partial charge in [0, 0.05) is 13.0 Å². The highest BCUT2D eigenvalue weighted by molar-refractivity contribution is 7.92. The summed E-state index contributed by atoms with van der Waals surface area (Å²) >= 11 is 0. The number of rotatable bonds is 5. The van der Waals surface area contributed by atoms with Gasteiger partial charge in [0.2, 0.25) is 5.91 Å². The monoisotopic (exact) mass is 414 g/mol. The standard InChI is InChI=1S/C18H17F3N2O4S/c1-27-16-8-7-13(11-15(16)23-9-3-6-17(23)24)22-28(25,26)14-5-2-4-12(10-14)18(19,20)21/h2,4-5,7-8,10-11,22H,3,6,9H2,1H3. The smallest absolute Gasteiger partial charge is 0.416 e. The molecule has 0 aromatic heterocycles. The summed E-state index contributed by atoms with van der Waals surface area (Å²) in [5.74, 6) is 0.272. The van der Waals surface area contributed by atoms with Crippen LogP contribution in [0.15, 0.2) is 47.4 Å². The Morgan fingerprint density at radius 2 is 1.89 bits per heavy atom. The number of alkyl halides is 3. The fourth-order valence-electron chi connectivity index (χ4n) is 2.92. The molecule has 0 unspecified atom stereocenters. The van der Waals surface area contributed by atoms with E-state index in [0.717, 1.165) is 18.2 Å². The van der Waals surface area contributed by atoms with E-state index in [1.165, 1.54) is 30.2 Å². The number of ether oxygens (including phenoxy) is 1. The number of hydrogen-bond acceptors (Lipinski definition) is 4. The van der Waals surface area contributed by atoms with Crippen molar-refractivity contribution in [2.75, 3.05) is 23.3 Å². The highest BCUT2D eigenvalue weighted by atomic mass is 32.2. The molecule has 0 atom stereocenters. The molecule has 3 rings (SSSR count). The Morgan fingerprint density at radius 1 is 1.14 bits per heavy atom. The quantitative estimate of drug-likeness (QED) is 0.811. The van der Waals surface area contributed by atoms with Gasteiger partial charge in [-0.1, -0.05) is 6.07 Å². The fourth-order valence-corrected chi connectivity index (χ4v) is 4.02. The third kappa shape index (κ3) is 4.06. The van der Waals surface area contributed by atoms with Crippen molar-refractivity contribution in [3.05, 3.63) is 48.0 Å². The maximum absolute atomic E-state index is 12.9. The Kier molecular flexibility index (Phi) is 5.24. The van der Waals surface area contributed by atoms with Crippen LogP contribution in [0.2, 0.25) is 0 Å². The van der Waals surface area contributed by atoms with E-state index in [0.29, 0.717) is 36.9 Å². The van der Waals surface area contributed by atoms with Crippen molar-refractivity contribution in [1.82, 2.24) is 0 Å². The second kappa shape index (κ2) is 7.34. The molecule has 0 spiro atoms. The van der Waals surface area contributed by atoms with Gasteiger partial charge >= 0.3 is 6.18 Å². The molecule has 1 aliphatic heterocycles. The van der Waals surface area contributed by atoms with Gasteiger partial charge in [0.05, 0.1) is 28.9 Å². The number of halogens is 3. The molecule has 0 saturated carbocycles. The molecule has 0 radical (unpaired) electrons. The Labute approximate surface area is 160 Å². The number of nitrogens with one attached hydrogen (secondary N) is 1. The van der Waals surface area contributed by atoms with Crippen molar-refractivity contribution in [2.24, 2.45) is 0 Å². The number of hydrogen-bond donors (Lipinski definition) is 1. The van der Waals surface area contributed by atoms with E-state index in [1.54, 1.807) is 0 Å². The van der Waals surface area contributed by atoms with Crippen LogP contribution in [-0.4, -0.2) is 28.0 Å². The molecule has 6 nitrogen and oxygen atoms in total. The molecule has 0 bridgehead atoms. The second-order valence-corrected chi connectivity index (χ2v) is 7.85. The number of methoxy groups -OCH3 is 1. The Balaban J connectivity index is 1.94. The summed E-state index contributed by atoms with van der Waals surface area (Å²) in [6.45, 7) is 0.471. The van der Waals surface area contributed by atoms with Gasteiger partial charge in [-0.25, -0.2) is 8.42 Å². The molecular formula is C18H17F3N2O4S. The third-order valence-electron chi connectivity index (χ3n) is 4.27. The van der Waals surface area contributed by atoms with Gasteiger partial charge in [-0.2, -0.15) is 13.2 Å². The van der Waals surface area contributed by atoms with Gasteiger partial charge in [0.25, 0.3) is 10.0 Å². The lowest BCUT2D eigenvalue weighted by Crippen LogP contribution is -2.24. The summed E-state index contributed by atoms with van der Waals surface area (Å²) in [6.07, 6.45) is -3.61. The molecule has 2 aromatic rings. The number of amides is 1. The molecule has 28 heavy (non-hydrogen) atoms. The minimum atomic E-state index is -4.66. The Hall–Kier alpha value is -2.75. The van der Waals surface area contributed by atoms with Crippen molar-refractivity contribution in [1.29, 1.82) is 0 Å². The van der Waals surface area contributed by atoms with Gasteiger partial charge in [-0.3, -0.25) is 9.52 Å². The van der Waals surface area contributed by atoms with E-state index in [2.05, 4.69) is 4.72 Å². The van der Waals surface area contributed by atoms with E-state index >= 15 is 0 Å². The van der Waals surface area contributed by atoms with Crippen LogP contribution in [0.5, 0.6) is 5.75 Å². The van der Waals surface area contributed by atoms with Crippen LogP contribution in [0.3, 0.4) is 0 Å². The van der Waals surface area contributed by atoms with Gasteiger partial charge in [-0.15, -0.1) is 0 Å². The third-order valence-corrected chi connectivity index (χ3v) is 5.65. The van der Waals surface area contributed by atoms with Crippen LogP contribution < -0.4 is 14.4 Å². The molecule has 1 heterocycles. The molecular weight excluding hydrogens is 397 g/mol. The van der Waals surface area contributed by atoms with Crippen LogP contribution in [0, 0.1) is 0 Å². The molecule has 1 fully saturated rings. The predicted molar refractivity (Wildman–Crippen MR) is 96.8 cm³/mol. The SMILES string of the molecule is COc1ccc(NS(=O)(=O)c2cccc(C(F)(F)F)c2)cc1N1CCCC1=O. The first kappa shape index (κ1) is 20.0. The summed E-state index contributed by atoms with van der Waals surface area (Å²) < 4.78 is 71.2. The minimum Gasteiger partial charge on any atom is -0.495 e. The predicted octanol–water partition coefficient (Wildman–Crippen LogP) is 3.64. The second-order valence-electron chi connectivity index (χ2n) is 6.17. The minimum absolute atomic E-state index is 0.105. The van der Waals surface area contributed by atoms with Crippen LogP contribution in [0.25, 0.3) is 0 Å². The zero-order valence-corrected chi connectivity index (χ0v) is 15.6. The normalized spacial score (nSPS) is 15.0. The Bertz CT molecular complexity index is 1010. The largest absolute Gasteiger partial charge is 0.495 e. The van der Waals surface area contributed by atoms with E-state index in [9.17, 15) is 26.4 Å². The average Bonchev–Trinajstić information content (AvgIpc) is 3.06. The lowest BCUT2D eigenvalue weighted by Gasteiger charge is -2.20. The zero-order chi connectivity index (χ0) is 20.5. The lowest BCUT2D eigenvalue weighted by atomic mass is 10.2. The van der Waals surface area contributed by atoms with Gasteiger partial charge < -0.3 is 9.64 Å². The number of benzene rings is 2. The zero-order valence-electron chi connectivity index (χ0n) is 14.8. The van der Waals surface area contributed by atoms with Crippen LogP contribution >= 0.6 is 0 Å². The van der Waals surface area contributed by atoms with Crippen LogP contribution in [0.1, 0.15) is 18.4 Å². The number of nitrogens with zero attached hydrogens (tertiary/aromatic N) is 1. The molecule has 1 aliphatic rings.